The topological polar surface area (TPSA) is 55.1 Å². The van der Waals surface area contributed by atoms with E-state index in [1.807, 2.05) is 25.1 Å². The lowest BCUT2D eigenvalue weighted by Gasteiger charge is -2.17. The highest BCUT2D eigenvalue weighted by atomic mass is 16.1. The van der Waals surface area contributed by atoms with Gasteiger partial charge in [-0.3, -0.25) is 4.79 Å². The van der Waals surface area contributed by atoms with Crippen molar-refractivity contribution in [3.8, 4) is 11.8 Å². The van der Waals surface area contributed by atoms with Crippen LogP contribution in [0.2, 0.25) is 0 Å². The Bertz CT molecular complexity index is 540. The van der Waals surface area contributed by atoms with Crippen molar-refractivity contribution in [2.75, 3.05) is 6.54 Å². The van der Waals surface area contributed by atoms with Gasteiger partial charge in [0.15, 0.2) is 0 Å². The molecule has 0 bridgehead atoms. The van der Waals surface area contributed by atoms with E-state index in [4.69, 9.17) is 5.73 Å². The molecule has 3 N–H and O–H groups in total. The first-order chi connectivity index (χ1) is 9.97. The molecule has 1 aromatic carbocycles. The summed E-state index contributed by atoms with van der Waals surface area (Å²) in [4.78, 5) is 12.2. The Balaban J connectivity index is 2.73. The van der Waals surface area contributed by atoms with E-state index < -0.39 is 0 Å². The second kappa shape index (κ2) is 8.49. The Kier molecular flexibility index (Phi) is 6.98. The highest BCUT2D eigenvalue weighted by Gasteiger charge is 2.12. The average molecular weight is 286 g/mol. The molecule has 0 heterocycles. The maximum Gasteiger partial charge on any atom is 0.251 e. The van der Waals surface area contributed by atoms with Crippen molar-refractivity contribution in [1.82, 2.24) is 5.32 Å². The zero-order valence-corrected chi connectivity index (χ0v) is 13.5. The van der Waals surface area contributed by atoms with Gasteiger partial charge in [0.2, 0.25) is 0 Å². The van der Waals surface area contributed by atoms with Gasteiger partial charge in [-0.05, 0) is 49.9 Å². The summed E-state index contributed by atoms with van der Waals surface area (Å²) in [5.74, 6) is 6.44. The van der Waals surface area contributed by atoms with Crippen LogP contribution >= 0.6 is 0 Å². The minimum Gasteiger partial charge on any atom is -0.350 e. The third kappa shape index (κ3) is 5.61. The lowest BCUT2D eigenvalue weighted by molar-refractivity contribution is 0.0935. The molecule has 21 heavy (non-hydrogen) atoms. The van der Waals surface area contributed by atoms with Crippen LogP contribution < -0.4 is 11.1 Å². The minimum absolute atomic E-state index is 0.0211. The van der Waals surface area contributed by atoms with Crippen LogP contribution in [-0.2, 0) is 0 Å². The number of hydrogen-bond donors (Lipinski definition) is 2. The average Bonchev–Trinajstić information content (AvgIpc) is 2.45. The van der Waals surface area contributed by atoms with E-state index in [9.17, 15) is 4.79 Å². The fourth-order valence-electron chi connectivity index (χ4n) is 2.23. The van der Waals surface area contributed by atoms with Crippen molar-refractivity contribution in [2.45, 2.75) is 46.6 Å². The molecule has 0 aromatic heterocycles. The molecule has 0 fully saturated rings. The zero-order valence-electron chi connectivity index (χ0n) is 13.5. The van der Waals surface area contributed by atoms with Crippen molar-refractivity contribution in [1.29, 1.82) is 0 Å². The summed E-state index contributed by atoms with van der Waals surface area (Å²) in [5, 5.41) is 3.06. The fraction of sp³-hybridized carbons (Fsp3) is 0.500. The molecular weight excluding hydrogens is 260 g/mol. The Morgan fingerprint density at radius 2 is 2.10 bits per heavy atom. The van der Waals surface area contributed by atoms with Crippen molar-refractivity contribution in [2.24, 2.45) is 11.7 Å². The number of amides is 1. The molecule has 3 nitrogen and oxygen atoms in total. The summed E-state index contributed by atoms with van der Waals surface area (Å²) in [7, 11) is 0. The Labute approximate surface area is 128 Å². The second-order valence-electron chi connectivity index (χ2n) is 5.66. The monoisotopic (exact) mass is 286 g/mol. The van der Waals surface area contributed by atoms with Crippen LogP contribution in [0.4, 0.5) is 0 Å². The van der Waals surface area contributed by atoms with Gasteiger partial charge in [0, 0.05) is 17.2 Å². The number of benzene rings is 1. The van der Waals surface area contributed by atoms with Crippen LogP contribution in [-0.4, -0.2) is 18.5 Å². The first-order valence-corrected chi connectivity index (χ1v) is 7.58. The van der Waals surface area contributed by atoms with Gasteiger partial charge in [-0.1, -0.05) is 32.1 Å². The van der Waals surface area contributed by atoms with Gasteiger partial charge in [-0.15, -0.1) is 0 Å². The van der Waals surface area contributed by atoms with Crippen LogP contribution in [0.1, 0.15) is 55.1 Å². The van der Waals surface area contributed by atoms with E-state index in [0.29, 0.717) is 18.0 Å². The summed E-state index contributed by atoms with van der Waals surface area (Å²) in [5.41, 5.74) is 7.97. The van der Waals surface area contributed by atoms with Gasteiger partial charge in [-0.25, -0.2) is 0 Å². The maximum absolute atomic E-state index is 12.2. The quantitative estimate of drug-likeness (QED) is 0.818. The largest absolute Gasteiger partial charge is 0.350 e. The van der Waals surface area contributed by atoms with Crippen molar-refractivity contribution < 1.29 is 4.79 Å². The summed E-state index contributed by atoms with van der Waals surface area (Å²) < 4.78 is 0. The predicted octanol–water partition coefficient (Wildman–Crippen LogP) is 2.86. The van der Waals surface area contributed by atoms with Gasteiger partial charge in [0.1, 0.15) is 0 Å². The lowest BCUT2D eigenvalue weighted by atomic mass is 10.00. The maximum atomic E-state index is 12.2. The molecule has 2 atom stereocenters. The highest BCUT2D eigenvalue weighted by molar-refractivity contribution is 5.94. The highest BCUT2D eigenvalue weighted by Crippen LogP contribution is 2.12. The summed E-state index contributed by atoms with van der Waals surface area (Å²) in [6, 6.07) is 5.76. The number of nitrogens with one attached hydrogen (secondary N) is 1. The SMILES string of the molecule is CCC(C)CC(C)NC(=O)c1ccc(C#CCN)c(C)c1. The van der Waals surface area contributed by atoms with Gasteiger partial charge in [-0.2, -0.15) is 0 Å². The summed E-state index contributed by atoms with van der Waals surface area (Å²) >= 11 is 0. The second-order valence-corrected chi connectivity index (χ2v) is 5.66. The molecule has 3 heteroatoms. The first-order valence-electron chi connectivity index (χ1n) is 7.58. The lowest BCUT2D eigenvalue weighted by Crippen LogP contribution is -2.33. The van der Waals surface area contributed by atoms with E-state index in [1.165, 1.54) is 0 Å². The third-order valence-electron chi connectivity index (χ3n) is 3.64. The van der Waals surface area contributed by atoms with Gasteiger partial charge in [0.05, 0.1) is 6.54 Å². The molecule has 0 aliphatic heterocycles. The zero-order chi connectivity index (χ0) is 15.8. The van der Waals surface area contributed by atoms with Crippen LogP contribution in [0.3, 0.4) is 0 Å². The molecule has 0 radical (unpaired) electrons. The molecule has 1 rings (SSSR count). The minimum atomic E-state index is -0.0211. The number of nitrogens with two attached hydrogens (primary N) is 1. The molecule has 0 saturated carbocycles. The Hall–Kier alpha value is -1.79. The summed E-state index contributed by atoms with van der Waals surface area (Å²) in [6.45, 7) is 8.73. The van der Waals surface area contributed by atoms with E-state index in [2.05, 4.69) is 37.9 Å². The molecule has 1 aromatic rings. The fourth-order valence-corrected chi connectivity index (χ4v) is 2.23. The molecular formula is C18H26N2O. The van der Waals surface area contributed by atoms with Crippen LogP contribution in [0.5, 0.6) is 0 Å². The smallest absolute Gasteiger partial charge is 0.251 e. The standard InChI is InChI=1S/C18H26N2O/c1-5-13(2)11-15(4)20-18(21)17-9-8-16(7-6-10-19)14(3)12-17/h8-9,12-13,15H,5,10-11,19H2,1-4H3,(H,20,21). The first kappa shape index (κ1) is 17.3. The van der Waals surface area contributed by atoms with Gasteiger partial charge < -0.3 is 11.1 Å². The van der Waals surface area contributed by atoms with Crippen molar-refractivity contribution in [3.05, 3.63) is 34.9 Å². The Morgan fingerprint density at radius 3 is 2.67 bits per heavy atom. The van der Waals surface area contributed by atoms with E-state index in [0.717, 1.165) is 24.0 Å². The molecule has 1 amide bonds. The molecule has 114 valence electrons. The van der Waals surface area contributed by atoms with Crippen LogP contribution in [0, 0.1) is 24.7 Å². The number of hydrogen-bond acceptors (Lipinski definition) is 2. The Morgan fingerprint density at radius 1 is 1.38 bits per heavy atom. The van der Waals surface area contributed by atoms with E-state index in [-0.39, 0.29) is 11.9 Å². The normalized spacial score (nSPS) is 13.0. The van der Waals surface area contributed by atoms with E-state index >= 15 is 0 Å². The molecule has 0 aliphatic carbocycles. The molecule has 2 unspecified atom stereocenters. The molecule has 0 spiro atoms. The third-order valence-corrected chi connectivity index (χ3v) is 3.64. The van der Waals surface area contributed by atoms with Crippen LogP contribution in [0.25, 0.3) is 0 Å². The predicted molar refractivity (Wildman–Crippen MR) is 88.1 cm³/mol. The number of rotatable bonds is 5. The van der Waals surface area contributed by atoms with Gasteiger partial charge in [0.25, 0.3) is 5.91 Å². The van der Waals surface area contributed by atoms with Gasteiger partial charge >= 0.3 is 0 Å². The van der Waals surface area contributed by atoms with E-state index in [1.54, 1.807) is 0 Å². The molecule has 0 saturated heterocycles. The van der Waals surface area contributed by atoms with Crippen molar-refractivity contribution in [3.63, 3.8) is 0 Å². The summed E-state index contributed by atoms with van der Waals surface area (Å²) in [6.07, 6.45) is 2.13. The molecule has 0 aliphatic rings. The van der Waals surface area contributed by atoms with Crippen molar-refractivity contribution >= 4 is 5.91 Å². The number of carbonyl (C=O) groups is 1. The number of aryl methyl sites for hydroxylation is 1. The number of carbonyl (C=O) groups excluding carboxylic acids is 1. The van der Waals surface area contributed by atoms with Crippen LogP contribution in [0.15, 0.2) is 18.2 Å².